The van der Waals surface area contributed by atoms with Crippen LogP contribution in [0.3, 0.4) is 0 Å². The molecule has 0 amide bonds. The molecule has 3 aromatic carbocycles. The van der Waals surface area contributed by atoms with Gasteiger partial charge in [-0.1, -0.05) is 142 Å². The topological polar surface area (TPSA) is 0 Å². The third kappa shape index (κ3) is 6.16. The molecule has 35 heavy (non-hydrogen) atoms. The van der Waals surface area contributed by atoms with Crippen molar-refractivity contribution >= 4 is 12.2 Å². The van der Waals surface area contributed by atoms with E-state index in [2.05, 4.69) is 123 Å². The SMILES string of the molecule is C=c1c(-c2ccc(C(C)(C)C)cc2)ccc(-c2ccc(C(C)(C)C)cc2)/c1=C(\CC)CC(C)CC. The zero-order valence-electron chi connectivity index (χ0n) is 23.7. The van der Waals surface area contributed by atoms with Gasteiger partial charge in [0, 0.05) is 0 Å². The average molecular weight is 467 g/mol. The number of rotatable bonds is 6. The van der Waals surface area contributed by atoms with Crippen LogP contribution in [0.1, 0.15) is 92.7 Å². The van der Waals surface area contributed by atoms with Crippen LogP contribution in [0, 0.1) is 5.92 Å². The maximum atomic E-state index is 4.69. The lowest BCUT2D eigenvalue weighted by Crippen LogP contribution is -2.30. The van der Waals surface area contributed by atoms with Crippen molar-refractivity contribution < 1.29 is 0 Å². The highest BCUT2D eigenvalue weighted by Gasteiger charge is 2.16. The predicted octanol–water partition coefficient (Wildman–Crippen LogP) is 9.02. The van der Waals surface area contributed by atoms with Crippen LogP contribution in [0.15, 0.2) is 60.7 Å². The van der Waals surface area contributed by atoms with Gasteiger partial charge in [0.15, 0.2) is 0 Å². The van der Waals surface area contributed by atoms with E-state index in [0.29, 0.717) is 5.92 Å². The first-order valence-electron chi connectivity index (χ1n) is 13.4. The Bertz CT molecular complexity index is 1240. The van der Waals surface area contributed by atoms with Crippen LogP contribution >= 0.6 is 0 Å². The molecular formula is C35H46. The van der Waals surface area contributed by atoms with Crippen LogP contribution in [-0.2, 0) is 10.8 Å². The zero-order valence-corrected chi connectivity index (χ0v) is 23.7. The summed E-state index contributed by atoms with van der Waals surface area (Å²) in [7, 11) is 0. The standard InChI is InChI=1S/C35H46/c1-11-24(3)23-26(12-2)33-25(4)31(27-13-17-29(18-14-27)34(5,6)7)21-22-32(33)28-15-19-30(20-16-28)35(8,9)10/h13-22,24H,4,11-12,23H2,1-3,5-10H3/b33-26+. The second kappa shape index (κ2) is 10.6. The summed E-state index contributed by atoms with van der Waals surface area (Å²) >= 11 is 0. The maximum Gasteiger partial charge on any atom is -0.0106 e. The minimum Gasteiger partial charge on any atom is -0.0905 e. The second-order valence-electron chi connectivity index (χ2n) is 12.3. The van der Waals surface area contributed by atoms with Crippen molar-refractivity contribution in [3.63, 3.8) is 0 Å². The van der Waals surface area contributed by atoms with E-state index in [4.69, 9.17) is 6.58 Å². The Labute approximate surface area is 214 Å². The fourth-order valence-electron chi connectivity index (χ4n) is 4.85. The van der Waals surface area contributed by atoms with Crippen LogP contribution in [0.25, 0.3) is 34.4 Å². The molecule has 0 N–H and O–H groups in total. The number of benzene rings is 3. The fraction of sp³-hybridized carbons (Fsp3) is 0.429. The van der Waals surface area contributed by atoms with Crippen LogP contribution in [0.5, 0.6) is 0 Å². The Hall–Kier alpha value is -2.60. The van der Waals surface area contributed by atoms with Gasteiger partial charge in [0.2, 0.25) is 0 Å². The Balaban J connectivity index is 2.26. The largest absolute Gasteiger partial charge is 0.0905 e. The molecule has 0 spiro atoms. The highest BCUT2D eigenvalue weighted by atomic mass is 14.2. The van der Waals surface area contributed by atoms with Crippen molar-refractivity contribution in [1.29, 1.82) is 0 Å². The smallest absolute Gasteiger partial charge is 0.0106 e. The van der Waals surface area contributed by atoms with E-state index < -0.39 is 0 Å². The highest BCUT2D eigenvalue weighted by Crippen LogP contribution is 2.28. The summed E-state index contributed by atoms with van der Waals surface area (Å²) in [4.78, 5) is 0. The Kier molecular flexibility index (Phi) is 8.15. The Morgan fingerprint density at radius 3 is 1.51 bits per heavy atom. The summed E-state index contributed by atoms with van der Waals surface area (Å²) in [6.45, 7) is 25.3. The number of hydrogen-bond donors (Lipinski definition) is 0. The fourth-order valence-corrected chi connectivity index (χ4v) is 4.85. The minimum atomic E-state index is 0.152. The van der Waals surface area contributed by atoms with Crippen LogP contribution in [-0.4, -0.2) is 0 Å². The second-order valence-corrected chi connectivity index (χ2v) is 12.3. The Morgan fingerprint density at radius 1 is 0.686 bits per heavy atom. The molecule has 0 saturated heterocycles. The first-order valence-corrected chi connectivity index (χ1v) is 13.4. The Morgan fingerprint density at radius 2 is 1.11 bits per heavy atom. The van der Waals surface area contributed by atoms with E-state index in [1.165, 1.54) is 50.6 Å². The van der Waals surface area contributed by atoms with E-state index in [1.54, 1.807) is 0 Å². The lowest BCUT2D eigenvalue weighted by atomic mass is 9.84. The first kappa shape index (κ1) is 27.0. The lowest BCUT2D eigenvalue weighted by Gasteiger charge is -2.20. The van der Waals surface area contributed by atoms with Crippen LogP contribution in [0.4, 0.5) is 0 Å². The zero-order chi connectivity index (χ0) is 26.0. The van der Waals surface area contributed by atoms with Gasteiger partial charge in [0.25, 0.3) is 0 Å². The van der Waals surface area contributed by atoms with Crippen molar-refractivity contribution in [2.45, 2.75) is 92.4 Å². The van der Waals surface area contributed by atoms with Crippen molar-refractivity contribution in [2.75, 3.05) is 0 Å². The maximum absolute atomic E-state index is 4.69. The molecule has 1 atom stereocenters. The van der Waals surface area contributed by atoms with Gasteiger partial charge in [-0.3, -0.25) is 0 Å². The van der Waals surface area contributed by atoms with Crippen LogP contribution < -0.4 is 10.4 Å². The monoisotopic (exact) mass is 466 g/mol. The van der Waals surface area contributed by atoms with E-state index in [1.807, 2.05) is 0 Å². The molecule has 0 fully saturated rings. The van der Waals surface area contributed by atoms with Gasteiger partial charge >= 0.3 is 0 Å². The van der Waals surface area contributed by atoms with E-state index in [-0.39, 0.29) is 10.8 Å². The number of hydrogen-bond acceptors (Lipinski definition) is 0. The van der Waals surface area contributed by atoms with Gasteiger partial charge in [-0.2, -0.15) is 0 Å². The van der Waals surface area contributed by atoms with Gasteiger partial charge in [0.05, 0.1) is 0 Å². The highest BCUT2D eigenvalue weighted by molar-refractivity contribution is 5.75. The molecule has 0 saturated carbocycles. The molecule has 0 aliphatic carbocycles. The molecule has 0 aliphatic heterocycles. The minimum absolute atomic E-state index is 0.152. The molecule has 0 radical (unpaired) electrons. The molecule has 3 aromatic rings. The summed E-state index contributed by atoms with van der Waals surface area (Å²) in [5, 5.41) is 2.51. The molecule has 0 nitrogen and oxygen atoms in total. The van der Waals surface area contributed by atoms with Crippen molar-refractivity contribution in [3.05, 3.63) is 82.2 Å². The summed E-state index contributed by atoms with van der Waals surface area (Å²) in [6, 6.07) is 22.9. The van der Waals surface area contributed by atoms with Crippen molar-refractivity contribution in [1.82, 2.24) is 0 Å². The van der Waals surface area contributed by atoms with Gasteiger partial charge in [-0.05, 0) is 73.4 Å². The molecule has 3 rings (SSSR count). The van der Waals surface area contributed by atoms with Gasteiger partial charge in [-0.15, -0.1) is 0 Å². The van der Waals surface area contributed by atoms with Gasteiger partial charge < -0.3 is 0 Å². The van der Waals surface area contributed by atoms with E-state index in [0.717, 1.165) is 18.1 Å². The summed E-state index contributed by atoms with van der Waals surface area (Å²) < 4.78 is 0. The molecule has 1 unspecified atom stereocenters. The summed E-state index contributed by atoms with van der Waals surface area (Å²) in [6.07, 6.45) is 3.36. The molecule has 0 heteroatoms. The van der Waals surface area contributed by atoms with Crippen LogP contribution in [0.2, 0.25) is 0 Å². The first-order chi connectivity index (χ1) is 16.4. The summed E-state index contributed by atoms with van der Waals surface area (Å²) in [5.41, 5.74) is 9.63. The molecule has 186 valence electrons. The molecule has 0 bridgehead atoms. The van der Waals surface area contributed by atoms with Gasteiger partial charge in [-0.25, -0.2) is 0 Å². The average Bonchev–Trinajstić information content (AvgIpc) is 2.81. The quantitative estimate of drug-likeness (QED) is 0.340. The molecule has 0 aliphatic rings. The van der Waals surface area contributed by atoms with E-state index in [9.17, 15) is 0 Å². The molecular weight excluding hydrogens is 420 g/mol. The third-order valence-electron chi connectivity index (χ3n) is 7.51. The molecule has 0 aromatic heterocycles. The van der Waals surface area contributed by atoms with Crippen molar-refractivity contribution in [2.24, 2.45) is 5.92 Å². The van der Waals surface area contributed by atoms with E-state index >= 15 is 0 Å². The third-order valence-corrected chi connectivity index (χ3v) is 7.51. The summed E-state index contributed by atoms with van der Waals surface area (Å²) in [5.74, 6) is 0.662. The molecule has 0 heterocycles. The normalized spacial score (nSPS) is 14.1. The van der Waals surface area contributed by atoms with Crippen molar-refractivity contribution in [3.8, 4) is 22.3 Å². The van der Waals surface area contributed by atoms with Gasteiger partial charge in [0.1, 0.15) is 0 Å². The lowest BCUT2D eigenvalue weighted by molar-refractivity contribution is 0.573. The predicted molar refractivity (Wildman–Crippen MR) is 157 cm³/mol.